The van der Waals surface area contributed by atoms with Gasteiger partial charge >= 0.3 is 5.76 Å². The minimum atomic E-state index is -0.426. The second-order valence-electron chi connectivity index (χ2n) is 7.46. The number of nitrogens with zero attached hydrogens (tertiary/aromatic N) is 2. The van der Waals surface area contributed by atoms with Gasteiger partial charge < -0.3 is 19.6 Å². The van der Waals surface area contributed by atoms with Crippen LogP contribution in [0.5, 0.6) is 0 Å². The van der Waals surface area contributed by atoms with Crippen molar-refractivity contribution in [2.24, 2.45) is 13.0 Å². The fourth-order valence-electron chi connectivity index (χ4n) is 3.26. The van der Waals surface area contributed by atoms with E-state index in [9.17, 15) is 9.18 Å². The summed E-state index contributed by atoms with van der Waals surface area (Å²) in [6, 6.07) is 12.3. The number of hydrogen-bond acceptors (Lipinski definition) is 6. The predicted octanol–water partition coefficient (Wildman–Crippen LogP) is 3.24. The first-order valence-corrected chi connectivity index (χ1v) is 10.5. The van der Waals surface area contributed by atoms with Gasteiger partial charge in [-0.1, -0.05) is 25.1 Å². The van der Waals surface area contributed by atoms with E-state index >= 15 is 0 Å². The molecule has 1 saturated heterocycles. The highest BCUT2D eigenvalue weighted by Crippen LogP contribution is 2.26. The molecule has 0 radical (unpaired) electrons. The highest BCUT2D eigenvalue weighted by molar-refractivity contribution is 5.80. The lowest BCUT2D eigenvalue weighted by molar-refractivity contribution is 0.128. The van der Waals surface area contributed by atoms with Crippen LogP contribution in [0.25, 0.3) is 22.2 Å². The van der Waals surface area contributed by atoms with E-state index in [2.05, 4.69) is 12.2 Å². The molecule has 0 saturated carbocycles. The summed E-state index contributed by atoms with van der Waals surface area (Å²) in [6.45, 7) is 6.12. The lowest BCUT2D eigenvalue weighted by Gasteiger charge is -2.06. The van der Waals surface area contributed by atoms with E-state index in [-0.39, 0.29) is 5.82 Å². The Morgan fingerprint density at radius 3 is 2.69 bits per heavy atom. The number of nitriles is 1. The topological polar surface area (TPSA) is 100 Å². The minimum Gasteiger partial charge on any atom is -0.408 e. The SMILES string of the molecule is CC1CNCCOC1.CO.Cn1c(=O)oc2ccc(-c3ccc(CCC#N)c(F)c3)cc21. The molecule has 2 N–H and O–H groups in total. The number of benzene rings is 2. The number of nitrogens with one attached hydrogen (secondary N) is 1. The number of aryl methyl sites for hydroxylation is 2. The molecule has 4 rings (SSSR count). The Labute approximate surface area is 187 Å². The van der Waals surface area contributed by atoms with Crippen LogP contribution in [-0.4, -0.2) is 43.1 Å². The van der Waals surface area contributed by atoms with Crippen molar-refractivity contribution in [3.63, 3.8) is 0 Å². The summed E-state index contributed by atoms with van der Waals surface area (Å²) in [7, 11) is 2.63. The van der Waals surface area contributed by atoms with Crippen LogP contribution in [0.2, 0.25) is 0 Å². The van der Waals surface area contributed by atoms with Crippen molar-refractivity contribution in [2.75, 3.05) is 33.4 Å². The van der Waals surface area contributed by atoms with Gasteiger partial charge in [-0.2, -0.15) is 5.26 Å². The average molecular weight is 444 g/mol. The summed E-state index contributed by atoms with van der Waals surface area (Å²) in [4.78, 5) is 11.5. The van der Waals surface area contributed by atoms with E-state index in [4.69, 9.17) is 19.5 Å². The highest BCUT2D eigenvalue weighted by atomic mass is 19.1. The number of hydrogen-bond donors (Lipinski definition) is 2. The number of halogens is 1. The van der Waals surface area contributed by atoms with Crippen LogP contribution in [0.4, 0.5) is 4.39 Å². The van der Waals surface area contributed by atoms with Gasteiger partial charge in [0.25, 0.3) is 0 Å². The molecule has 1 unspecified atom stereocenters. The molecular weight excluding hydrogens is 413 g/mol. The van der Waals surface area contributed by atoms with E-state index in [1.807, 2.05) is 12.1 Å². The fraction of sp³-hybridized carbons (Fsp3) is 0.417. The van der Waals surface area contributed by atoms with Crippen LogP contribution in [0.3, 0.4) is 0 Å². The van der Waals surface area contributed by atoms with Crippen molar-refractivity contribution in [3.05, 3.63) is 58.3 Å². The fourth-order valence-corrected chi connectivity index (χ4v) is 3.26. The zero-order valence-electron chi connectivity index (χ0n) is 18.7. The van der Waals surface area contributed by atoms with E-state index in [0.29, 0.717) is 41.0 Å². The maximum atomic E-state index is 14.1. The molecule has 1 aliphatic rings. The molecule has 8 heteroatoms. The Kier molecular flexibility index (Phi) is 10.1. The van der Waals surface area contributed by atoms with Gasteiger partial charge in [-0.25, -0.2) is 9.18 Å². The van der Waals surface area contributed by atoms with Gasteiger partial charge in [0.15, 0.2) is 5.58 Å². The lowest BCUT2D eigenvalue weighted by Crippen LogP contribution is -2.20. The largest absolute Gasteiger partial charge is 0.419 e. The van der Waals surface area contributed by atoms with Gasteiger partial charge in [-0.15, -0.1) is 0 Å². The van der Waals surface area contributed by atoms with Crippen molar-refractivity contribution >= 4 is 11.1 Å². The molecule has 1 fully saturated rings. The minimum absolute atomic E-state index is 0.291. The summed E-state index contributed by atoms with van der Waals surface area (Å²) in [6.07, 6.45) is 0.692. The first-order valence-electron chi connectivity index (χ1n) is 10.5. The molecule has 0 bridgehead atoms. The van der Waals surface area contributed by atoms with Crippen molar-refractivity contribution in [3.8, 4) is 17.2 Å². The Morgan fingerprint density at radius 2 is 1.97 bits per heavy atom. The smallest absolute Gasteiger partial charge is 0.408 e. The van der Waals surface area contributed by atoms with Gasteiger partial charge in [-0.3, -0.25) is 4.57 Å². The van der Waals surface area contributed by atoms with Gasteiger partial charge in [0.05, 0.1) is 24.8 Å². The summed E-state index contributed by atoms with van der Waals surface area (Å²) in [5.41, 5.74) is 3.21. The second kappa shape index (κ2) is 12.8. The van der Waals surface area contributed by atoms with Gasteiger partial charge in [-0.05, 0) is 53.8 Å². The molecule has 2 heterocycles. The van der Waals surface area contributed by atoms with Crippen LogP contribution in [0.15, 0.2) is 45.6 Å². The maximum Gasteiger partial charge on any atom is 0.419 e. The van der Waals surface area contributed by atoms with Crippen LogP contribution in [0.1, 0.15) is 18.9 Å². The van der Waals surface area contributed by atoms with Crippen molar-refractivity contribution in [1.29, 1.82) is 5.26 Å². The third kappa shape index (κ3) is 6.76. The van der Waals surface area contributed by atoms with E-state index < -0.39 is 5.76 Å². The Balaban J connectivity index is 0.000000304. The third-order valence-corrected chi connectivity index (χ3v) is 5.00. The second-order valence-corrected chi connectivity index (χ2v) is 7.46. The van der Waals surface area contributed by atoms with Crippen LogP contribution in [0, 0.1) is 23.1 Å². The Bertz CT molecular complexity index is 1090. The summed E-state index contributed by atoms with van der Waals surface area (Å²) < 4.78 is 25.8. The Morgan fingerprint density at radius 1 is 1.25 bits per heavy atom. The quantitative estimate of drug-likeness (QED) is 0.645. The number of oxazole rings is 1. The molecule has 0 amide bonds. The van der Waals surface area contributed by atoms with Crippen LogP contribution < -0.4 is 11.1 Å². The van der Waals surface area contributed by atoms with Crippen molar-refractivity contribution in [2.45, 2.75) is 19.8 Å². The summed E-state index contributed by atoms with van der Waals surface area (Å²) in [5.74, 6) is -0.0587. The molecule has 1 aliphatic heterocycles. The molecule has 32 heavy (non-hydrogen) atoms. The molecule has 172 valence electrons. The van der Waals surface area contributed by atoms with Crippen LogP contribution >= 0.6 is 0 Å². The zero-order chi connectivity index (χ0) is 23.5. The van der Waals surface area contributed by atoms with Crippen molar-refractivity contribution in [1.82, 2.24) is 9.88 Å². The van der Waals surface area contributed by atoms with E-state index in [1.54, 1.807) is 31.3 Å². The van der Waals surface area contributed by atoms with Gasteiger partial charge in [0.2, 0.25) is 0 Å². The normalized spacial score (nSPS) is 15.6. The van der Waals surface area contributed by atoms with E-state index in [0.717, 1.165) is 39.0 Å². The van der Waals surface area contributed by atoms with Gasteiger partial charge in [0, 0.05) is 27.1 Å². The van der Waals surface area contributed by atoms with E-state index in [1.165, 1.54) is 10.6 Å². The van der Waals surface area contributed by atoms with Gasteiger partial charge in [0.1, 0.15) is 5.82 Å². The monoisotopic (exact) mass is 443 g/mol. The zero-order valence-corrected chi connectivity index (χ0v) is 18.7. The number of aromatic nitrogens is 1. The first kappa shape index (κ1) is 25.3. The molecular formula is C24H30FN3O4. The summed E-state index contributed by atoms with van der Waals surface area (Å²) >= 11 is 0. The highest BCUT2D eigenvalue weighted by Gasteiger charge is 2.09. The molecule has 2 aromatic carbocycles. The summed E-state index contributed by atoms with van der Waals surface area (Å²) in [5, 5.41) is 18.8. The lowest BCUT2D eigenvalue weighted by atomic mass is 10.0. The predicted molar refractivity (Wildman–Crippen MR) is 122 cm³/mol. The number of aliphatic hydroxyl groups is 1. The molecule has 3 aromatic rings. The molecule has 0 spiro atoms. The third-order valence-electron chi connectivity index (χ3n) is 5.00. The Hall–Kier alpha value is -2.99. The van der Waals surface area contributed by atoms with Crippen LogP contribution in [-0.2, 0) is 18.2 Å². The molecule has 7 nitrogen and oxygen atoms in total. The standard InChI is InChI=1S/C17H13FN2O2.C6H13NO.CH4O/c1-20-15-10-13(6-7-16(15)22-17(20)21)12-5-4-11(3-2-8-19)14(18)9-12;1-6-4-7-2-3-8-5-6;1-2/h4-7,9-10H,2-3H2,1H3;6-7H,2-5H2,1H3;2H,1H3. The van der Waals surface area contributed by atoms with Crippen molar-refractivity contribution < 1.29 is 18.7 Å². The first-order chi connectivity index (χ1) is 15.5. The molecule has 0 aliphatic carbocycles. The molecule has 1 aromatic heterocycles. The molecule has 1 atom stereocenters. The number of rotatable bonds is 3. The maximum absolute atomic E-state index is 14.1. The average Bonchev–Trinajstić information content (AvgIpc) is 2.95. The number of aliphatic hydroxyl groups excluding tert-OH is 1. The number of ether oxygens (including phenoxy) is 1. The number of fused-ring (bicyclic) bond motifs is 1.